The molecule has 0 saturated heterocycles. The van der Waals surface area contributed by atoms with Crippen LogP contribution in [0.3, 0.4) is 0 Å². The quantitative estimate of drug-likeness (QED) is 0.378. The number of nitrogens with zero attached hydrogens (tertiary/aromatic N) is 6. The third kappa shape index (κ3) is 3.81. The van der Waals surface area contributed by atoms with Gasteiger partial charge in [-0.05, 0) is 12.1 Å². The van der Waals surface area contributed by atoms with E-state index in [-0.39, 0.29) is 0 Å². The molecule has 4 aromatic rings. The second-order valence-electron chi connectivity index (χ2n) is 6.06. The Morgan fingerprint density at radius 2 is 2.00 bits per heavy atom. The predicted molar refractivity (Wildman–Crippen MR) is 102 cm³/mol. The molecule has 11 nitrogen and oxygen atoms in total. The molecule has 4 rings (SSSR count). The number of anilines is 1. The first-order valence-electron chi connectivity index (χ1n) is 8.99. The van der Waals surface area contributed by atoms with Crippen LogP contribution >= 0.6 is 0 Å². The van der Waals surface area contributed by atoms with E-state index in [0.29, 0.717) is 68.3 Å². The number of aromatic nitrogens is 6. The first-order valence-corrected chi connectivity index (χ1v) is 8.99. The standard InChI is InChI=1S/C17H22N8O3/c1-24-11-12-14(22-24)21-17(19-5-8-27-10-9-26-7-4-18)25-16(12)20-15(23-25)13-3-2-6-28-13/h2-3,6,11H,4-5,7-10,18H2,1H3,(H,19,21,22). The molecule has 28 heavy (non-hydrogen) atoms. The number of hydrogen-bond acceptors (Lipinski definition) is 9. The van der Waals surface area contributed by atoms with Gasteiger partial charge in [0.25, 0.3) is 0 Å². The lowest BCUT2D eigenvalue weighted by Gasteiger charge is -2.08. The van der Waals surface area contributed by atoms with Crippen LogP contribution < -0.4 is 11.1 Å². The van der Waals surface area contributed by atoms with E-state index in [1.807, 2.05) is 19.3 Å². The Labute approximate surface area is 160 Å². The Bertz CT molecular complexity index is 1040. The van der Waals surface area contributed by atoms with Gasteiger partial charge in [0.05, 0.1) is 38.1 Å². The van der Waals surface area contributed by atoms with Gasteiger partial charge in [-0.2, -0.15) is 14.6 Å². The molecule has 0 aliphatic rings. The highest BCUT2D eigenvalue weighted by Crippen LogP contribution is 2.23. The highest BCUT2D eigenvalue weighted by Gasteiger charge is 2.17. The summed E-state index contributed by atoms with van der Waals surface area (Å²) in [5.74, 6) is 1.61. The zero-order valence-electron chi connectivity index (χ0n) is 15.5. The molecule has 0 aliphatic carbocycles. The van der Waals surface area contributed by atoms with E-state index < -0.39 is 0 Å². The Hall–Kier alpha value is -3.02. The molecule has 4 heterocycles. The van der Waals surface area contributed by atoms with Crippen molar-refractivity contribution in [1.82, 2.24) is 29.4 Å². The third-order valence-corrected chi connectivity index (χ3v) is 3.98. The lowest BCUT2D eigenvalue weighted by Crippen LogP contribution is -2.16. The summed E-state index contributed by atoms with van der Waals surface area (Å²) in [6.07, 6.45) is 3.46. The minimum atomic E-state index is 0.486. The second kappa shape index (κ2) is 8.33. The van der Waals surface area contributed by atoms with Gasteiger partial charge in [0.1, 0.15) is 0 Å². The molecule has 148 valence electrons. The molecule has 0 fully saturated rings. The number of aryl methyl sites for hydroxylation is 1. The van der Waals surface area contributed by atoms with Crippen LogP contribution in [0.4, 0.5) is 5.95 Å². The van der Waals surface area contributed by atoms with E-state index in [4.69, 9.17) is 19.6 Å². The normalized spacial score (nSPS) is 11.6. The van der Waals surface area contributed by atoms with Crippen LogP contribution in [0.2, 0.25) is 0 Å². The lowest BCUT2D eigenvalue weighted by molar-refractivity contribution is 0.0547. The third-order valence-electron chi connectivity index (χ3n) is 3.98. The van der Waals surface area contributed by atoms with Gasteiger partial charge >= 0.3 is 0 Å². The molecule has 0 aromatic carbocycles. The second-order valence-corrected chi connectivity index (χ2v) is 6.06. The number of fused-ring (bicyclic) bond motifs is 3. The summed E-state index contributed by atoms with van der Waals surface area (Å²) in [6.45, 7) is 3.13. The zero-order chi connectivity index (χ0) is 19.3. The largest absolute Gasteiger partial charge is 0.461 e. The summed E-state index contributed by atoms with van der Waals surface area (Å²) in [6, 6.07) is 3.61. The maximum absolute atomic E-state index is 5.53. The molecule has 0 unspecified atom stereocenters. The molecule has 0 atom stereocenters. The molecule has 0 aliphatic heterocycles. The molecule has 11 heteroatoms. The monoisotopic (exact) mass is 386 g/mol. The van der Waals surface area contributed by atoms with Crippen molar-refractivity contribution in [1.29, 1.82) is 0 Å². The van der Waals surface area contributed by atoms with E-state index in [1.54, 1.807) is 21.5 Å². The molecular formula is C17H22N8O3. The van der Waals surface area contributed by atoms with Crippen molar-refractivity contribution in [2.45, 2.75) is 0 Å². The van der Waals surface area contributed by atoms with E-state index >= 15 is 0 Å². The smallest absolute Gasteiger partial charge is 0.228 e. The number of furan rings is 1. The van der Waals surface area contributed by atoms with Crippen molar-refractivity contribution >= 4 is 22.6 Å². The SMILES string of the molecule is Cn1cc2c(nc(NCCOCCOCCN)n3nc(-c4ccco4)nc23)n1. The van der Waals surface area contributed by atoms with Crippen molar-refractivity contribution in [2.24, 2.45) is 12.8 Å². The van der Waals surface area contributed by atoms with Crippen LogP contribution in [0.15, 0.2) is 29.0 Å². The maximum atomic E-state index is 5.53. The van der Waals surface area contributed by atoms with E-state index in [0.717, 1.165) is 5.39 Å². The van der Waals surface area contributed by atoms with Gasteiger partial charge < -0.3 is 24.9 Å². The van der Waals surface area contributed by atoms with Gasteiger partial charge in [-0.1, -0.05) is 0 Å². The summed E-state index contributed by atoms with van der Waals surface area (Å²) in [4.78, 5) is 9.18. The maximum Gasteiger partial charge on any atom is 0.228 e. The Kier molecular flexibility index (Phi) is 5.46. The van der Waals surface area contributed by atoms with Crippen molar-refractivity contribution in [3.05, 3.63) is 24.6 Å². The number of rotatable bonds is 10. The number of ether oxygens (including phenoxy) is 2. The van der Waals surface area contributed by atoms with Crippen LogP contribution in [0.25, 0.3) is 28.3 Å². The van der Waals surface area contributed by atoms with Crippen molar-refractivity contribution < 1.29 is 13.9 Å². The van der Waals surface area contributed by atoms with Crippen molar-refractivity contribution in [2.75, 3.05) is 44.8 Å². The highest BCUT2D eigenvalue weighted by molar-refractivity contribution is 5.90. The summed E-state index contributed by atoms with van der Waals surface area (Å²) >= 11 is 0. The molecule has 0 amide bonds. The van der Waals surface area contributed by atoms with Gasteiger partial charge in [0.2, 0.25) is 11.8 Å². The molecular weight excluding hydrogens is 364 g/mol. The van der Waals surface area contributed by atoms with Crippen LogP contribution in [0, 0.1) is 0 Å². The van der Waals surface area contributed by atoms with Gasteiger partial charge in [-0.25, -0.2) is 4.98 Å². The molecule has 3 N–H and O–H groups in total. The molecule has 0 radical (unpaired) electrons. The highest BCUT2D eigenvalue weighted by atomic mass is 16.5. The van der Waals surface area contributed by atoms with Crippen LogP contribution in [-0.2, 0) is 16.5 Å². The fraction of sp³-hybridized carbons (Fsp3) is 0.412. The topological polar surface area (TPSA) is 131 Å². The Balaban J connectivity index is 1.51. The fourth-order valence-corrected chi connectivity index (χ4v) is 2.76. The van der Waals surface area contributed by atoms with Gasteiger partial charge in [-0.3, -0.25) is 4.68 Å². The minimum absolute atomic E-state index is 0.486. The van der Waals surface area contributed by atoms with Crippen LogP contribution in [0.1, 0.15) is 0 Å². The summed E-state index contributed by atoms with van der Waals surface area (Å²) in [7, 11) is 1.84. The first-order chi connectivity index (χ1) is 13.8. The van der Waals surface area contributed by atoms with Crippen LogP contribution in [0.5, 0.6) is 0 Å². The van der Waals surface area contributed by atoms with E-state index in [9.17, 15) is 0 Å². The number of nitrogens with two attached hydrogens (primary N) is 1. The molecule has 0 bridgehead atoms. The average Bonchev–Trinajstić information content (AvgIpc) is 3.41. The van der Waals surface area contributed by atoms with Gasteiger partial charge in [0, 0.05) is 26.3 Å². The summed E-state index contributed by atoms with van der Waals surface area (Å²) in [5.41, 5.74) is 6.61. The zero-order valence-corrected chi connectivity index (χ0v) is 15.5. The van der Waals surface area contributed by atoms with E-state index in [1.165, 1.54) is 0 Å². The van der Waals surface area contributed by atoms with Gasteiger partial charge in [0.15, 0.2) is 17.1 Å². The predicted octanol–water partition coefficient (Wildman–Crippen LogP) is 0.675. The lowest BCUT2D eigenvalue weighted by atomic mass is 10.4. The first kappa shape index (κ1) is 18.3. The van der Waals surface area contributed by atoms with Crippen molar-refractivity contribution in [3.63, 3.8) is 0 Å². The molecule has 4 aromatic heterocycles. The summed E-state index contributed by atoms with van der Waals surface area (Å²) in [5, 5.41) is 13.0. The van der Waals surface area contributed by atoms with Gasteiger partial charge in [-0.15, -0.1) is 5.10 Å². The van der Waals surface area contributed by atoms with Crippen LogP contribution in [-0.4, -0.2) is 68.9 Å². The van der Waals surface area contributed by atoms with Crippen molar-refractivity contribution in [3.8, 4) is 11.6 Å². The van der Waals surface area contributed by atoms with E-state index in [2.05, 4.69) is 25.5 Å². The number of hydrogen-bond donors (Lipinski definition) is 2. The number of nitrogens with one attached hydrogen (secondary N) is 1. The fourth-order valence-electron chi connectivity index (χ4n) is 2.76. The average molecular weight is 386 g/mol. The molecule has 0 spiro atoms. The molecule has 0 saturated carbocycles. The Morgan fingerprint density at radius 3 is 2.79 bits per heavy atom. The Morgan fingerprint density at radius 1 is 1.14 bits per heavy atom. The summed E-state index contributed by atoms with van der Waals surface area (Å²) < 4.78 is 19.6. The minimum Gasteiger partial charge on any atom is -0.461 e.